The highest BCUT2D eigenvalue weighted by molar-refractivity contribution is 5.85. The summed E-state index contributed by atoms with van der Waals surface area (Å²) in [5.74, 6) is 0.150. The molecule has 0 atom stereocenters. The molecule has 1 amide bonds. The number of methoxy groups -OCH3 is 1. The van der Waals surface area contributed by atoms with Crippen LogP contribution in [0.5, 0.6) is 0 Å². The summed E-state index contributed by atoms with van der Waals surface area (Å²) in [7, 11) is 1.66. The highest BCUT2D eigenvalue weighted by Crippen LogP contribution is 2.26. The van der Waals surface area contributed by atoms with Crippen LogP contribution >= 0.6 is 12.4 Å². The van der Waals surface area contributed by atoms with Crippen LogP contribution in [0.3, 0.4) is 0 Å². The third kappa shape index (κ3) is 6.86. The molecule has 1 aliphatic rings. The maximum atomic E-state index is 11.5. The lowest BCUT2D eigenvalue weighted by molar-refractivity contribution is -0.122. The molecule has 0 aromatic rings. The van der Waals surface area contributed by atoms with Gasteiger partial charge >= 0.3 is 0 Å². The molecule has 0 aromatic heterocycles. The van der Waals surface area contributed by atoms with Crippen molar-refractivity contribution in [2.24, 2.45) is 5.41 Å². The summed E-state index contributed by atoms with van der Waals surface area (Å²) in [5.41, 5.74) is 0.280. The summed E-state index contributed by atoms with van der Waals surface area (Å²) in [6, 6.07) is 0. The maximum absolute atomic E-state index is 11.5. The zero-order chi connectivity index (χ0) is 11.9. The molecule has 0 aromatic carbocycles. The van der Waals surface area contributed by atoms with E-state index in [9.17, 15) is 4.79 Å². The number of nitrogens with one attached hydrogen (secondary N) is 2. The number of hydrogen-bond acceptors (Lipinski definition) is 3. The third-order valence-electron chi connectivity index (χ3n) is 3.28. The van der Waals surface area contributed by atoms with Gasteiger partial charge in [-0.15, -0.1) is 12.4 Å². The second kappa shape index (κ2) is 8.72. The van der Waals surface area contributed by atoms with Crippen molar-refractivity contribution >= 4 is 18.3 Å². The minimum Gasteiger partial charge on any atom is -0.385 e. The Balaban J connectivity index is 0.00000256. The van der Waals surface area contributed by atoms with Crippen molar-refractivity contribution in [3.8, 4) is 0 Å². The Labute approximate surface area is 110 Å². The minimum atomic E-state index is 0. The second-order valence-corrected chi connectivity index (χ2v) is 4.93. The SMILES string of the molecule is COCCCC(=O)NCC1(C)CCNCC1.Cl. The number of carbonyl (C=O) groups excluding carboxylic acids is 1. The lowest BCUT2D eigenvalue weighted by Crippen LogP contribution is -2.42. The molecule has 0 spiro atoms. The molecular formula is C12H25ClN2O2. The molecule has 0 bridgehead atoms. The Hall–Kier alpha value is -0.320. The van der Waals surface area contributed by atoms with E-state index in [2.05, 4.69) is 17.6 Å². The van der Waals surface area contributed by atoms with Gasteiger partial charge in [0.15, 0.2) is 0 Å². The van der Waals surface area contributed by atoms with Crippen LogP contribution in [0.1, 0.15) is 32.6 Å². The Morgan fingerprint density at radius 2 is 2.06 bits per heavy atom. The van der Waals surface area contributed by atoms with Gasteiger partial charge in [-0.1, -0.05) is 6.92 Å². The predicted molar refractivity (Wildman–Crippen MR) is 71.6 cm³/mol. The summed E-state index contributed by atoms with van der Waals surface area (Å²) in [4.78, 5) is 11.5. The van der Waals surface area contributed by atoms with E-state index in [4.69, 9.17) is 4.74 Å². The average Bonchev–Trinajstić information content (AvgIpc) is 2.28. The predicted octanol–water partition coefficient (Wildman–Crippen LogP) is 1.34. The number of piperidine rings is 1. The zero-order valence-corrected chi connectivity index (χ0v) is 11.7. The molecule has 102 valence electrons. The van der Waals surface area contributed by atoms with Gasteiger partial charge in [-0.05, 0) is 37.8 Å². The van der Waals surface area contributed by atoms with E-state index >= 15 is 0 Å². The number of amides is 1. The smallest absolute Gasteiger partial charge is 0.220 e. The van der Waals surface area contributed by atoms with Gasteiger partial charge in [0.2, 0.25) is 5.91 Å². The first kappa shape index (κ1) is 16.7. The first-order chi connectivity index (χ1) is 7.66. The van der Waals surface area contributed by atoms with Gasteiger partial charge in [-0.25, -0.2) is 0 Å². The summed E-state index contributed by atoms with van der Waals surface area (Å²) >= 11 is 0. The first-order valence-electron chi connectivity index (χ1n) is 6.13. The van der Waals surface area contributed by atoms with Crippen molar-refractivity contribution in [1.29, 1.82) is 0 Å². The van der Waals surface area contributed by atoms with Gasteiger partial charge in [0.05, 0.1) is 0 Å². The minimum absolute atomic E-state index is 0. The van der Waals surface area contributed by atoms with E-state index < -0.39 is 0 Å². The van der Waals surface area contributed by atoms with E-state index in [0.717, 1.165) is 38.9 Å². The fraction of sp³-hybridized carbons (Fsp3) is 0.917. The van der Waals surface area contributed by atoms with Gasteiger partial charge in [-0.3, -0.25) is 4.79 Å². The molecule has 0 aliphatic carbocycles. The molecule has 17 heavy (non-hydrogen) atoms. The fourth-order valence-electron chi connectivity index (χ4n) is 1.98. The molecule has 4 nitrogen and oxygen atoms in total. The van der Waals surface area contributed by atoms with Crippen LogP contribution in [0, 0.1) is 5.41 Å². The van der Waals surface area contributed by atoms with Crippen LogP contribution in [0.4, 0.5) is 0 Å². The Kier molecular flexibility index (Phi) is 8.56. The lowest BCUT2D eigenvalue weighted by Gasteiger charge is -2.34. The summed E-state index contributed by atoms with van der Waals surface area (Å²) in [5, 5.41) is 6.37. The molecule has 0 unspecified atom stereocenters. The molecule has 1 fully saturated rings. The van der Waals surface area contributed by atoms with Crippen LogP contribution in [-0.4, -0.2) is 39.3 Å². The molecule has 1 aliphatic heterocycles. The quantitative estimate of drug-likeness (QED) is 0.712. The van der Waals surface area contributed by atoms with Crippen molar-refractivity contribution < 1.29 is 9.53 Å². The topological polar surface area (TPSA) is 50.4 Å². The standard InChI is InChI=1S/C12H24N2O2.ClH/c1-12(5-7-13-8-6-12)10-14-11(15)4-3-9-16-2;/h13H,3-10H2,1-2H3,(H,14,15);1H. The van der Waals surface area contributed by atoms with Crippen LogP contribution in [0.2, 0.25) is 0 Å². The first-order valence-corrected chi connectivity index (χ1v) is 6.13. The Bertz CT molecular complexity index is 219. The highest BCUT2D eigenvalue weighted by atomic mass is 35.5. The molecule has 1 rings (SSSR count). The monoisotopic (exact) mass is 264 g/mol. The molecule has 1 saturated heterocycles. The molecule has 1 heterocycles. The second-order valence-electron chi connectivity index (χ2n) is 4.93. The van der Waals surface area contributed by atoms with Gasteiger partial charge in [0.25, 0.3) is 0 Å². The average molecular weight is 265 g/mol. The molecule has 5 heteroatoms. The lowest BCUT2D eigenvalue weighted by atomic mass is 9.81. The third-order valence-corrected chi connectivity index (χ3v) is 3.28. The van der Waals surface area contributed by atoms with E-state index in [1.54, 1.807) is 7.11 Å². The van der Waals surface area contributed by atoms with Gasteiger partial charge in [-0.2, -0.15) is 0 Å². The van der Waals surface area contributed by atoms with Crippen LogP contribution in [0.25, 0.3) is 0 Å². The number of rotatable bonds is 6. The van der Waals surface area contributed by atoms with Crippen molar-refractivity contribution in [2.45, 2.75) is 32.6 Å². The molecular weight excluding hydrogens is 240 g/mol. The Morgan fingerprint density at radius 3 is 2.65 bits per heavy atom. The largest absolute Gasteiger partial charge is 0.385 e. The van der Waals surface area contributed by atoms with Gasteiger partial charge in [0.1, 0.15) is 0 Å². The normalized spacial score (nSPS) is 18.2. The molecule has 0 radical (unpaired) electrons. The number of hydrogen-bond donors (Lipinski definition) is 2. The molecule has 0 saturated carbocycles. The van der Waals surface area contributed by atoms with E-state index in [0.29, 0.717) is 13.0 Å². The van der Waals surface area contributed by atoms with Crippen molar-refractivity contribution in [3.63, 3.8) is 0 Å². The summed E-state index contributed by atoms with van der Waals surface area (Å²) < 4.78 is 4.92. The van der Waals surface area contributed by atoms with Crippen LogP contribution in [-0.2, 0) is 9.53 Å². The van der Waals surface area contributed by atoms with Gasteiger partial charge < -0.3 is 15.4 Å². The fourth-order valence-corrected chi connectivity index (χ4v) is 1.98. The number of ether oxygens (including phenoxy) is 1. The Morgan fingerprint density at radius 1 is 1.41 bits per heavy atom. The van der Waals surface area contributed by atoms with Crippen LogP contribution < -0.4 is 10.6 Å². The van der Waals surface area contributed by atoms with Crippen LogP contribution in [0.15, 0.2) is 0 Å². The van der Waals surface area contributed by atoms with Gasteiger partial charge in [0, 0.05) is 26.7 Å². The highest BCUT2D eigenvalue weighted by Gasteiger charge is 2.26. The zero-order valence-electron chi connectivity index (χ0n) is 10.9. The summed E-state index contributed by atoms with van der Waals surface area (Å²) in [6.07, 6.45) is 3.67. The maximum Gasteiger partial charge on any atom is 0.220 e. The van der Waals surface area contributed by atoms with Crippen molar-refractivity contribution in [3.05, 3.63) is 0 Å². The number of halogens is 1. The van der Waals surface area contributed by atoms with E-state index in [1.807, 2.05) is 0 Å². The van der Waals surface area contributed by atoms with Crippen molar-refractivity contribution in [1.82, 2.24) is 10.6 Å². The number of carbonyl (C=O) groups is 1. The van der Waals surface area contributed by atoms with E-state index in [-0.39, 0.29) is 23.7 Å². The van der Waals surface area contributed by atoms with E-state index in [1.165, 1.54) is 0 Å². The molecule has 2 N–H and O–H groups in total. The van der Waals surface area contributed by atoms with Crippen molar-refractivity contribution in [2.75, 3.05) is 33.4 Å². The summed E-state index contributed by atoms with van der Waals surface area (Å²) in [6.45, 7) is 5.85.